The third-order valence-electron chi connectivity index (χ3n) is 4.15. The first-order chi connectivity index (χ1) is 10.8. The molecule has 3 rings (SSSR count). The summed E-state index contributed by atoms with van der Waals surface area (Å²) in [6, 6.07) is 4.83. The highest BCUT2D eigenvalue weighted by molar-refractivity contribution is 7.89. The van der Waals surface area contributed by atoms with E-state index < -0.39 is 21.7 Å². The normalized spacial score (nSPS) is 20.5. The second kappa shape index (κ2) is 5.38. The van der Waals surface area contributed by atoms with Gasteiger partial charge in [0.05, 0.1) is 31.1 Å². The molecule has 1 aromatic carbocycles. The third kappa shape index (κ3) is 2.66. The Labute approximate surface area is 135 Å². The van der Waals surface area contributed by atoms with Crippen LogP contribution in [0.2, 0.25) is 0 Å². The fraction of sp³-hybridized carbons (Fsp3) is 0.533. The quantitative estimate of drug-likeness (QED) is 0.824. The van der Waals surface area contributed by atoms with Crippen LogP contribution in [0.1, 0.15) is 12.5 Å². The van der Waals surface area contributed by atoms with E-state index >= 15 is 0 Å². The van der Waals surface area contributed by atoms with Crippen molar-refractivity contribution in [3.63, 3.8) is 0 Å². The summed E-state index contributed by atoms with van der Waals surface area (Å²) in [6.07, 6.45) is -0.404. The van der Waals surface area contributed by atoms with Crippen molar-refractivity contribution in [2.45, 2.75) is 24.3 Å². The summed E-state index contributed by atoms with van der Waals surface area (Å²) in [7, 11) is -1.94. The average Bonchev–Trinajstić information content (AvgIpc) is 2.75. The van der Waals surface area contributed by atoms with Crippen molar-refractivity contribution in [2.24, 2.45) is 0 Å². The minimum Gasteiger partial charge on any atom is -0.494 e. The first-order valence-corrected chi connectivity index (χ1v) is 8.89. The highest BCUT2D eigenvalue weighted by atomic mass is 32.2. The van der Waals surface area contributed by atoms with E-state index in [0.717, 1.165) is 5.56 Å². The lowest BCUT2D eigenvalue weighted by Crippen LogP contribution is -2.65. The van der Waals surface area contributed by atoms with Crippen LogP contribution >= 0.6 is 0 Å². The predicted molar refractivity (Wildman–Crippen MR) is 82.9 cm³/mol. The molecule has 2 aliphatic rings. The smallest absolute Gasteiger partial charge is 0.410 e. The van der Waals surface area contributed by atoms with Crippen LogP contribution < -0.4 is 4.74 Å². The van der Waals surface area contributed by atoms with Crippen LogP contribution in [0.25, 0.3) is 0 Å². The SMILES string of the molecule is CCOc1ccc(S(=O)(=O)N2CC3(CN(C)C(=O)O3)C2)cc1C. The van der Waals surface area contributed by atoms with Crippen LogP contribution in [0, 0.1) is 6.92 Å². The molecule has 2 heterocycles. The first kappa shape index (κ1) is 16.1. The van der Waals surface area contributed by atoms with E-state index in [4.69, 9.17) is 9.47 Å². The maximum Gasteiger partial charge on any atom is 0.410 e. The number of likely N-dealkylation sites (N-methyl/N-ethyl adjacent to an activating group) is 1. The molecule has 0 bridgehead atoms. The third-order valence-corrected chi connectivity index (χ3v) is 5.94. The van der Waals surface area contributed by atoms with Gasteiger partial charge in [0.1, 0.15) is 5.75 Å². The van der Waals surface area contributed by atoms with E-state index in [1.54, 1.807) is 25.2 Å². The number of hydrogen-bond donors (Lipinski definition) is 0. The maximum absolute atomic E-state index is 12.7. The van der Waals surface area contributed by atoms with Gasteiger partial charge < -0.3 is 14.4 Å². The molecule has 0 aromatic heterocycles. The van der Waals surface area contributed by atoms with Crippen molar-refractivity contribution in [1.29, 1.82) is 0 Å². The Morgan fingerprint density at radius 3 is 2.52 bits per heavy atom. The molecule has 0 saturated carbocycles. The Morgan fingerprint density at radius 2 is 2.00 bits per heavy atom. The number of benzene rings is 1. The molecule has 0 radical (unpaired) electrons. The molecule has 2 fully saturated rings. The molecule has 23 heavy (non-hydrogen) atoms. The van der Waals surface area contributed by atoms with E-state index in [1.165, 1.54) is 9.21 Å². The Bertz CT molecular complexity index is 740. The summed E-state index contributed by atoms with van der Waals surface area (Å²) < 4.78 is 37.4. The van der Waals surface area contributed by atoms with Gasteiger partial charge in [0.2, 0.25) is 10.0 Å². The van der Waals surface area contributed by atoms with Crippen LogP contribution in [0.4, 0.5) is 4.79 Å². The van der Waals surface area contributed by atoms with Gasteiger partial charge in [-0.1, -0.05) is 0 Å². The predicted octanol–water partition coefficient (Wildman–Crippen LogP) is 1.22. The van der Waals surface area contributed by atoms with Crippen LogP contribution in [0.5, 0.6) is 5.75 Å². The zero-order valence-electron chi connectivity index (χ0n) is 13.4. The Hall–Kier alpha value is -1.80. The largest absolute Gasteiger partial charge is 0.494 e. The van der Waals surface area contributed by atoms with Gasteiger partial charge in [-0.3, -0.25) is 0 Å². The molecule has 0 atom stereocenters. The molecule has 0 N–H and O–H groups in total. The Morgan fingerprint density at radius 1 is 1.30 bits per heavy atom. The molecule has 8 heteroatoms. The summed E-state index contributed by atoms with van der Waals surface area (Å²) >= 11 is 0. The molecule has 7 nitrogen and oxygen atoms in total. The number of carbonyl (C=O) groups excluding carboxylic acids is 1. The second-order valence-electron chi connectivity index (χ2n) is 6.04. The second-order valence-corrected chi connectivity index (χ2v) is 7.98. The highest BCUT2D eigenvalue weighted by Gasteiger charge is 2.56. The number of rotatable bonds is 4. The van der Waals surface area contributed by atoms with Crippen LogP contribution in [-0.4, -0.2) is 62.6 Å². The van der Waals surface area contributed by atoms with Crippen LogP contribution in [-0.2, 0) is 14.8 Å². The molecule has 1 aromatic rings. The van der Waals surface area contributed by atoms with Crippen molar-refractivity contribution < 1.29 is 22.7 Å². The van der Waals surface area contributed by atoms with E-state index in [-0.39, 0.29) is 18.0 Å². The lowest BCUT2D eigenvalue weighted by molar-refractivity contribution is -0.0335. The van der Waals surface area contributed by atoms with Crippen LogP contribution in [0.3, 0.4) is 0 Å². The van der Waals surface area contributed by atoms with Gasteiger partial charge in [-0.25, -0.2) is 13.2 Å². The number of amides is 1. The number of nitrogens with zero attached hydrogens (tertiary/aromatic N) is 2. The van der Waals surface area contributed by atoms with Crippen molar-refractivity contribution in [3.05, 3.63) is 23.8 Å². The van der Waals surface area contributed by atoms with Gasteiger partial charge in [0.15, 0.2) is 5.60 Å². The molecular weight excluding hydrogens is 320 g/mol. The summed E-state index contributed by atoms with van der Waals surface area (Å²) in [4.78, 5) is 13.2. The highest BCUT2D eigenvalue weighted by Crippen LogP contribution is 2.36. The minimum absolute atomic E-state index is 0.192. The van der Waals surface area contributed by atoms with Crippen molar-refractivity contribution in [2.75, 3.05) is 33.3 Å². The van der Waals surface area contributed by atoms with Gasteiger partial charge in [-0.2, -0.15) is 4.31 Å². The fourth-order valence-electron chi connectivity index (χ4n) is 2.97. The minimum atomic E-state index is -3.59. The number of carbonyl (C=O) groups is 1. The molecule has 126 valence electrons. The average molecular weight is 340 g/mol. The lowest BCUT2D eigenvalue weighted by Gasteiger charge is -2.44. The zero-order valence-corrected chi connectivity index (χ0v) is 14.2. The number of hydrogen-bond acceptors (Lipinski definition) is 5. The number of sulfonamides is 1. The van der Waals surface area contributed by atoms with Crippen molar-refractivity contribution >= 4 is 16.1 Å². The van der Waals surface area contributed by atoms with Crippen molar-refractivity contribution in [3.8, 4) is 5.75 Å². The van der Waals surface area contributed by atoms with E-state index in [9.17, 15) is 13.2 Å². The molecule has 2 aliphatic heterocycles. The Kier molecular flexibility index (Phi) is 3.76. The Balaban J connectivity index is 1.76. The monoisotopic (exact) mass is 340 g/mol. The summed E-state index contributed by atoms with van der Waals surface area (Å²) in [5.74, 6) is 0.679. The van der Waals surface area contributed by atoms with Gasteiger partial charge in [-0.15, -0.1) is 0 Å². The lowest BCUT2D eigenvalue weighted by atomic mass is 9.97. The van der Waals surface area contributed by atoms with E-state index in [1.807, 2.05) is 13.8 Å². The molecule has 1 spiro atoms. The molecule has 0 unspecified atom stereocenters. The van der Waals surface area contributed by atoms with Gasteiger partial charge in [0.25, 0.3) is 0 Å². The summed E-state index contributed by atoms with van der Waals surface area (Å²) in [6.45, 7) is 5.02. The number of ether oxygens (including phenoxy) is 2. The molecule has 2 saturated heterocycles. The van der Waals surface area contributed by atoms with E-state index in [0.29, 0.717) is 18.9 Å². The maximum atomic E-state index is 12.7. The van der Waals surface area contributed by atoms with Crippen LogP contribution in [0.15, 0.2) is 23.1 Å². The van der Waals surface area contributed by atoms with E-state index in [2.05, 4.69) is 0 Å². The standard InChI is InChI=1S/C15H20N2O5S/c1-4-21-13-6-5-12(7-11(13)2)23(19,20)17-9-15(10-17)8-16(3)14(18)22-15/h5-7H,4,8-10H2,1-3H3. The van der Waals surface area contributed by atoms with Gasteiger partial charge >= 0.3 is 6.09 Å². The van der Waals surface area contributed by atoms with Gasteiger partial charge in [0, 0.05) is 7.05 Å². The zero-order chi connectivity index (χ0) is 16.8. The fourth-order valence-corrected chi connectivity index (χ4v) is 4.65. The molecular formula is C15H20N2O5S. The molecule has 0 aliphatic carbocycles. The first-order valence-electron chi connectivity index (χ1n) is 7.45. The topological polar surface area (TPSA) is 76.2 Å². The summed E-state index contributed by atoms with van der Waals surface area (Å²) in [5, 5.41) is 0. The summed E-state index contributed by atoms with van der Waals surface area (Å²) in [5.41, 5.74) is 0.0781. The number of aryl methyl sites for hydroxylation is 1. The molecule has 1 amide bonds. The van der Waals surface area contributed by atoms with Gasteiger partial charge in [-0.05, 0) is 37.6 Å². The van der Waals surface area contributed by atoms with Crippen molar-refractivity contribution in [1.82, 2.24) is 9.21 Å².